The smallest absolute Gasteiger partial charge is 0.339 e. The Morgan fingerprint density at radius 1 is 0.955 bits per heavy atom. The first-order valence-electron chi connectivity index (χ1n) is 6.50. The molecule has 0 radical (unpaired) electrons. The summed E-state index contributed by atoms with van der Waals surface area (Å²) in [6.45, 7) is -0.337. The third kappa shape index (κ3) is 2.20. The summed E-state index contributed by atoms with van der Waals surface area (Å²) in [4.78, 5) is 36.4. The van der Waals surface area contributed by atoms with Gasteiger partial charge in [-0.25, -0.2) is 9.69 Å². The van der Waals surface area contributed by atoms with Gasteiger partial charge in [0, 0.05) is 0 Å². The molecule has 0 fully saturated rings. The lowest BCUT2D eigenvalue weighted by Crippen LogP contribution is -2.33. The number of hydrogen-bond acceptors (Lipinski definition) is 4. The SMILES string of the molecule is O=C(O)c1ccccc1OCN1C(=O)c2ccccc2C1=O. The predicted octanol–water partition coefficient (Wildman–Crippen LogP) is 2.02. The van der Waals surface area contributed by atoms with E-state index in [4.69, 9.17) is 9.84 Å². The Hall–Kier alpha value is -3.15. The van der Waals surface area contributed by atoms with E-state index in [9.17, 15) is 14.4 Å². The third-order valence-corrected chi connectivity index (χ3v) is 3.34. The molecule has 2 aromatic carbocycles. The van der Waals surface area contributed by atoms with Crippen molar-refractivity contribution in [3.05, 3.63) is 65.2 Å². The summed E-state index contributed by atoms with van der Waals surface area (Å²) in [5.41, 5.74) is 0.615. The van der Waals surface area contributed by atoms with Crippen molar-refractivity contribution in [1.29, 1.82) is 0 Å². The Kier molecular flexibility index (Phi) is 3.34. The van der Waals surface area contributed by atoms with Gasteiger partial charge in [-0.3, -0.25) is 9.59 Å². The van der Waals surface area contributed by atoms with Crippen LogP contribution in [0.15, 0.2) is 48.5 Å². The molecule has 110 valence electrons. The number of amides is 2. The summed E-state index contributed by atoms with van der Waals surface area (Å²) in [6, 6.07) is 12.5. The summed E-state index contributed by atoms with van der Waals surface area (Å²) >= 11 is 0. The van der Waals surface area contributed by atoms with Gasteiger partial charge in [0.1, 0.15) is 11.3 Å². The number of rotatable bonds is 4. The van der Waals surface area contributed by atoms with E-state index in [1.54, 1.807) is 36.4 Å². The van der Waals surface area contributed by atoms with Crippen LogP contribution in [0.3, 0.4) is 0 Å². The largest absolute Gasteiger partial charge is 0.478 e. The zero-order valence-corrected chi connectivity index (χ0v) is 11.4. The number of ether oxygens (including phenoxy) is 1. The molecule has 0 aromatic heterocycles. The first-order valence-corrected chi connectivity index (χ1v) is 6.50. The second-order valence-electron chi connectivity index (χ2n) is 4.66. The van der Waals surface area contributed by atoms with Crippen LogP contribution in [0.4, 0.5) is 0 Å². The average molecular weight is 297 g/mol. The van der Waals surface area contributed by atoms with Crippen molar-refractivity contribution in [3.8, 4) is 5.75 Å². The fourth-order valence-corrected chi connectivity index (χ4v) is 2.26. The van der Waals surface area contributed by atoms with Crippen molar-refractivity contribution >= 4 is 17.8 Å². The molecule has 0 atom stereocenters. The number of nitrogens with zero attached hydrogens (tertiary/aromatic N) is 1. The fraction of sp³-hybridized carbons (Fsp3) is 0.0625. The highest BCUT2D eigenvalue weighted by Gasteiger charge is 2.35. The van der Waals surface area contributed by atoms with Crippen molar-refractivity contribution < 1.29 is 24.2 Å². The van der Waals surface area contributed by atoms with E-state index in [1.807, 2.05) is 0 Å². The van der Waals surface area contributed by atoms with E-state index in [0.717, 1.165) is 4.90 Å². The van der Waals surface area contributed by atoms with E-state index in [0.29, 0.717) is 11.1 Å². The van der Waals surface area contributed by atoms with E-state index in [2.05, 4.69) is 0 Å². The molecule has 6 nitrogen and oxygen atoms in total. The number of carboxylic acid groups (broad SMARTS) is 1. The van der Waals surface area contributed by atoms with Crippen LogP contribution in [0.5, 0.6) is 5.75 Å². The van der Waals surface area contributed by atoms with Gasteiger partial charge in [-0.05, 0) is 24.3 Å². The van der Waals surface area contributed by atoms with Gasteiger partial charge in [0.2, 0.25) is 0 Å². The van der Waals surface area contributed by atoms with Gasteiger partial charge in [0.25, 0.3) is 11.8 Å². The normalized spacial score (nSPS) is 13.2. The van der Waals surface area contributed by atoms with Crippen molar-refractivity contribution in [2.75, 3.05) is 6.73 Å². The first-order chi connectivity index (χ1) is 10.6. The second kappa shape index (κ2) is 5.33. The van der Waals surface area contributed by atoms with Gasteiger partial charge < -0.3 is 9.84 Å². The minimum atomic E-state index is -1.14. The highest BCUT2D eigenvalue weighted by atomic mass is 16.5. The number of para-hydroxylation sites is 1. The molecule has 0 aliphatic carbocycles. The monoisotopic (exact) mass is 297 g/mol. The lowest BCUT2D eigenvalue weighted by atomic mass is 10.1. The second-order valence-corrected chi connectivity index (χ2v) is 4.66. The number of aromatic carboxylic acids is 1. The van der Waals surface area contributed by atoms with E-state index < -0.39 is 17.8 Å². The van der Waals surface area contributed by atoms with Crippen LogP contribution in [0.1, 0.15) is 31.1 Å². The molecule has 6 heteroatoms. The molecule has 2 aromatic rings. The molecular weight excluding hydrogens is 286 g/mol. The van der Waals surface area contributed by atoms with Gasteiger partial charge >= 0.3 is 5.97 Å². The van der Waals surface area contributed by atoms with Gasteiger partial charge in [0.05, 0.1) is 11.1 Å². The van der Waals surface area contributed by atoms with Crippen LogP contribution < -0.4 is 4.74 Å². The number of fused-ring (bicyclic) bond motifs is 1. The maximum Gasteiger partial charge on any atom is 0.339 e. The summed E-state index contributed by atoms with van der Waals surface area (Å²) < 4.78 is 5.36. The predicted molar refractivity (Wildman–Crippen MR) is 75.8 cm³/mol. The minimum absolute atomic E-state index is 0.0286. The zero-order chi connectivity index (χ0) is 15.7. The third-order valence-electron chi connectivity index (χ3n) is 3.34. The highest BCUT2D eigenvalue weighted by Crippen LogP contribution is 2.24. The van der Waals surface area contributed by atoms with Crippen LogP contribution in [0.25, 0.3) is 0 Å². The maximum absolute atomic E-state index is 12.2. The van der Waals surface area contributed by atoms with Crippen molar-refractivity contribution in [1.82, 2.24) is 4.90 Å². The Balaban J connectivity index is 1.81. The zero-order valence-electron chi connectivity index (χ0n) is 11.4. The summed E-state index contributed by atoms with van der Waals surface area (Å²) in [5.74, 6) is -1.94. The molecule has 1 aliphatic heterocycles. The van der Waals surface area contributed by atoms with Crippen molar-refractivity contribution in [3.63, 3.8) is 0 Å². The molecule has 0 unspecified atom stereocenters. The number of benzene rings is 2. The van der Waals surface area contributed by atoms with Crippen molar-refractivity contribution in [2.24, 2.45) is 0 Å². The number of imide groups is 1. The minimum Gasteiger partial charge on any atom is -0.478 e. The molecule has 0 saturated carbocycles. The molecule has 3 rings (SSSR count). The molecule has 2 amide bonds. The number of hydrogen-bond donors (Lipinski definition) is 1. The molecular formula is C16H11NO5. The summed E-state index contributed by atoms with van der Waals surface area (Å²) in [5, 5.41) is 9.08. The van der Waals surface area contributed by atoms with Crippen LogP contribution in [-0.4, -0.2) is 34.5 Å². The standard InChI is InChI=1S/C16H11NO5/c18-14-10-5-1-2-6-11(10)15(19)17(14)9-22-13-8-4-3-7-12(13)16(20)21/h1-8H,9H2,(H,20,21). The topological polar surface area (TPSA) is 83.9 Å². The number of carboxylic acids is 1. The average Bonchev–Trinajstić information content (AvgIpc) is 2.77. The fourth-order valence-electron chi connectivity index (χ4n) is 2.26. The van der Waals surface area contributed by atoms with Gasteiger partial charge in [-0.2, -0.15) is 0 Å². The molecule has 1 aliphatic rings. The molecule has 1 heterocycles. The molecule has 22 heavy (non-hydrogen) atoms. The van der Waals surface area contributed by atoms with Crippen molar-refractivity contribution in [2.45, 2.75) is 0 Å². The Labute approximate surface area is 125 Å². The Bertz CT molecular complexity index is 749. The maximum atomic E-state index is 12.2. The van der Waals surface area contributed by atoms with E-state index in [-0.39, 0.29) is 18.0 Å². The quantitative estimate of drug-likeness (QED) is 0.873. The molecule has 0 saturated heterocycles. The Morgan fingerprint density at radius 3 is 2.09 bits per heavy atom. The van der Waals surface area contributed by atoms with Crippen LogP contribution >= 0.6 is 0 Å². The van der Waals surface area contributed by atoms with Crippen LogP contribution in [0.2, 0.25) is 0 Å². The van der Waals surface area contributed by atoms with E-state index >= 15 is 0 Å². The highest BCUT2D eigenvalue weighted by molar-refractivity contribution is 6.21. The van der Waals surface area contributed by atoms with Gasteiger partial charge in [0.15, 0.2) is 6.73 Å². The number of carbonyl (C=O) groups is 3. The van der Waals surface area contributed by atoms with Crippen LogP contribution in [-0.2, 0) is 0 Å². The van der Waals surface area contributed by atoms with Gasteiger partial charge in [-0.1, -0.05) is 24.3 Å². The first kappa shape index (κ1) is 13.8. The Morgan fingerprint density at radius 2 is 1.50 bits per heavy atom. The van der Waals surface area contributed by atoms with Gasteiger partial charge in [-0.15, -0.1) is 0 Å². The summed E-state index contributed by atoms with van der Waals surface area (Å²) in [6.07, 6.45) is 0. The molecule has 1 N–H and O–H groups in total. The lowest BCUT2D eigenvalue weighted by Gasteiger charge is -2.15. The van der Waals surface area contributed by atoms with Crippen LogP contribution in [0, 0.1) is 0 Å². The molecule has 0 bridgehead atoms. The van der Waals surface area contributed by atoms with E-state index in [1.165, 1.54) is 12.1 Å². The lowest BCUT2D eigenvalue weighted by molar-refractivity contribution is 0.0520. The molecule has 0 spiro atoms. The summed E-state index contributed by atoms with van der Waals surface area (Å²) in [7, 11) is 0. The number of carbonyl (C=O) groups excluding carboxylic acids is 2.